The van der Waals surface area contributed by atoms with Crippen LogP contribution in [0, 0.1) is 5.92 Å². The summed E-state index contributed by atoms with van der Waals surface area (Å²) in [5, 5.41) is 3.06. The highest BCUT2D eigenvalue weighted by Gasteiger charge is 2.15. The zero-order valence-corrected chi connectivity index (χ0v) is 15.3. The molecule has 2 atom stereocenters. The van der Waals surface area contributed by atoms with Gasteiger partial charge in [0.05, 0.1) is 19.3 Å². The topological polar surface area (TPSA) is 47.6 Å². The summed E-state index contributed by atoms with van der Waals surface area (Å²) in [6.07, 6.45) is 2.85. The zero-order chi connectivity index (χ0) is 17.4. The smallest absolute Gasteiger partial charge is 0.220 e. The van der Waals surface area contributed by atoms with Crippen LogP contribution in [-0.4, -0.2) is 19.1 Å². The average Bonchev–Trinajstić information content (AvgIpc) is 2.46. The van der Waals surface area contributed by atoms with E-state index in [1.54, 1.807) is 7.11 Å². The molecule has 0 aromatic heterocycles. The molecule has 1 aromatic carbocycles. The first-order valence-corrected chi connectivity index (χ1v) is 8.51. The third kappa shape index (κ3) is 6.51. The maximum absolute atomic E-state index is 12.1. The highest BCUT2D eigenvalue weighted by atomic mass is 16.5. The van der Waals surface area contributed by atoms with Crippen LogP contribution in [-0.2, 0) is 4.79 Å². The monoisotopic (exact) mass is 321 g/mol. The lowest BCUT2D eigenvalue weighted by Crippen LogP contribution is -2.28. The molecule has 4 nitrogen and oxygen atoms in total. The molecule has 130 valence electrons. The van der Waals surface area contributed by atoms with Gasteiger partial charge in [-0.25, -0.2) is 0 Å². The molecule has 0 bridgehead atoms. The second-order valence-electron chi connectivity index (χ2n) is 6.46. The highest BCUT2D eigenvalue weighted by Crippen LogP contribution is 2.31. The van der Waals surface area contributed by atoms with Crippen molar-refractivity contribution in [3.05, 3.63) is 23.8 Å². The molecule has 0 saturated heterocycles. The van der Waals surface area contributed by atoms with Gasteiger partial charge in [0.2, 0.25) is 5.91 Å². The predicted molar refractivity (Wildman–Crippen MR) is 94.0 cm³/mol. The maximum atomic E-state index is 12.1. The third-order valence-electron chi connectivity index (χ3n) is 3.74. The van der Waals surface area contributed by atoms with Crippen molar-refractivity contribution in [1.82, 2.24) is 5.32 Å². The number of nitrogens with one attached hydrogen (secondary N) is 1. The molecule has 0 radical (unpaired) electrons. The van der Waals surface area contributed by atoms with Gasteiger partial charge < -0.3 is 14.8 Å². The second kappa shape index (κ2) is 9.43. The molecule has 0 heterocycles. The molecular weight excluding hydrogens is 290 g/mol. The summed E-state index contributed by atoms with van der Waals surface area (Å²) >= 11 is 0. The standard InChI is InChI=1S/C19H31NO3/c1-7-8-14(4)11-19(21)20-15(5)16-9-10-17(23-13(2)3)18(12-16)22-6/h9-10,12-15H,7-8,11H2,1-6H3,(H,20,21). The van der Waals surface area contributed by atoms with Crippen molar-refractivity contribution in [2.24, 2.45) is 5.92 Å². The zero-order valence-electron chi connectivity index (χ0n) is 15.3. The van der Waals surface area contributed by atoms with Crippen molar-refractivity contribution in [3.8, 4) is 11.5 Å². The quantitative estimate of drug-likeness (QED) is 0.729. The van der Waals surface area contributed by atoms with Crippen LogP contribution in [0.15, 0.2) is 18.2 Å². The molecule has 1 N–H and O–H groups in total. The molecule has 0 saturated carbocycles. The lowest BCUT2D eigenvalue weighted by Gasteiger charge is -2.19. The first kappa shape index (κ1) is 19.3. The summed E-state index contributed by atoms with van der Waals surface area (Å²) in [4.78, 5) is 12.1. The van der Waals surface area contributed by atoms with E-state index in [2.05, 4.69) is 19.2 Å². The Morgan fingerprint density at radius 2 is 1.87 bits per heavy atom. The maximum Gasteiger partial charge on any atom is 0.220 e. The molecule has 1 aromatic rings. The average molecular weight is 321 g/mol. The van der Waals surface area contributed by atoms with Gasteiger partial charge in [-0.3, -0.25) is 4.79 Å². The molecule has 0 spiro atoms. The van der Waals surface area contributed by atoms with Gasteiger partial charge in [0.1, 0.15) is 0 Å². The molecular formula is C19H31NO3. The van der Waals surface area contributed by atoms with Crippen LogP contribution in [0.5, 0.6) is 11.5 Å². The van der Waals surface area contributed by atoms with Gasteiger partial charge >= 0.3 is 0 Å². The SMILES string of the molecule is CCCC(C)CC(=O)NC(C)c1ccc(OC(C)C)c(OC)c1. The van der Waals surface area contributed by atoms with Crippen LogP contribution in [0.25, 0.3) is 0 Å². The molecule has 2 unspecified atom stereocenters. The van der Waals surface area contributed by atoms with Gasteiger partial charge in [-0.05, 0) is 44.4 Å². The van der Waals surface area contributed by atoms with Gasteiger partial charge in [-0.1, -0.05) is 32.8 Å². The summed E-state index contributed by atoms with van der Waals surface area (Å²) in [5.41, 5.74) is 1.01. The predicted octanol–water partition coefficient (Wildman–Crippen LogP) is 4.49. The van der Waals surface area contributed by atoms with E-state index in [0.29, 0.717) is 18.1 Å². The van der Waals surface area contributed by atoms with E-state index in [4.69, 9.17) is 9.47 Å². The van der Waals surface area contributed by atoms with Gasteiger partial charge in [-0.2, -0.15) is 0 Å². The third-order valence-corrected chi connectivity index (χ3v) is 3.74. The Bertz CT molecular complexity index is 499. The van der Waals surface area contributed by atoms with Gasteiger partial charge in [0.15, 0.2) is 11.5 Å². The van der Waals surface area contributed by atoms with Crippen molar-refractivity contribution in [3.63, 3.8) is 0 Å². The first-order chi connectivity index (χ1) is 10.9. The Hall–Kier alpha value is -1.71. The molecule has 0 aliphatic carbocycles. The minimum absolute atomic E-state index is 0.0571. The van der Waals surface area contributed by atoms with Crippen molar-refractivity contribution in [2.75, 3.05) is 7.11 Å². The number of carbonyl (C=O) groups is 1. The van der Waals surface area contributed by atoms with Crippen LogP contribution in [0.3, 0.4) is 0 Å². The number of hydrogen-bond acceptors (Lipinski definition) is 3. The minimum atomic E-state index is -0.0571. The van der Waals surface area contributed by atoms with E-state index >= 15 is 0 Å². The summed E-state index contributed by atoms with van der Waals surface area (Å²) < 4.78 is 11.1. The molecule has 0 aliphatic heterocycles. The molecule has 1 amide bonds. The molecule has 1 rings (SSSR count). The summed E-state index contributed by atoms with van der Waals surface area (Å²) in [6, 6.07) is 5.74. The molecule has 23 heavy (non-hydrogen) atoms. The molecule has 0 aliphatic rings. The minimum Gasteiger partial charge on any atom is -0.493 e. The number of carbonyl (C=O) groups excluding carboxylic acids is 1. The lowest BCUT2D eigenvalue weighted by molar-refractivity contribution is -0.122. The fourth-order valence-corrected chi connectivity index (χ4v) is 2.60. The van der Waals surface area contributed by atoms with E-state index in [0.717, 1.165) is 24.2 Å². The highest BCUT2D eigenvalue weighted by molar-refractivity contribution is 5.76. The van der Waals surface area contributed by atoms with E-state index in [1.807, 2.05) is 39.0 Å². The fourth-order valence-electron chi connectivity index (χ4n) is 2.60. The van der Waals surface area contributed by atoms with Gasteiger partial charge in [0, 0.05) is 6.42 Å². The normalized spacial score (nSPS) is 13.5. The second-order valence-corrected chi connectivity index (χ2v) is 6.46. The van der Waals surface area contributed by atoms with Crippen LogP contribution in [0.4, 0.5) is 0 Å². The largest absolute Gasteiger partial charge is 0.493 e. The Morgan fingerprint density at radius 1 is 1.17 bits per heavy atom. The van der Waals surface area contributed by atoms with Crippen LogP contribution in [0.1, 0.15) is 65.5 Å². The number of amides is 1. The van der Waals surface area contributed by atoms with Crippen molar-refractivity contribution in [2.45, 2.75) is 66.0 Å². The number of hydrogen-bond donors (Lipinski definition) is 1. The number of methoxy groups -OCH3 is 1. The first-order valence-electron chi connectivity index (χ1n) is 8.51. The lowest BCUT2D eigenvalue weighted by atomic mass is 10.0. The van der Waals surface area contributed by atoms with E-state index in [9.17, 15) is 4.79 Å². The van der Waals surface area contributed by atoms with Gasteiger partial charge in [0.25, 0.3) is 0 Å². The Morgan fingerprint density at radius 3 is 2.43 bits per heavy atom. The molecule has 0 fully saturated rings. The van der Waals surface area contributed by atoms with Crippen molar-refractivity contribution < 1.29 is 14.3 Å². The Kier molecular flexibility index (Phi) is 7.93. The van der Waals surface area contributed by atoms with E-state index in [-0.39, 0.29) is 18.1 Å². The number of rotatable bonds is 9. The molecule has 4 heteroatoms. The van der Waals surface area contributed by atoms with Crippen LogP contribution in [0.2, 0.25) is 0 Å². The Labute approximate surface area is 140 Å². The van der Waals surface area contributed by atoms with Crippen LogP contribution < -0.4 is 14.8 Å². The van der Waals surface area contributed by atoms with Gasteiger partial charge in [-0.15, -0.1) is 0 Å². The Balaban J connectivity index is 2.72. The summed E-state index contributed by atoms with van der Waals surface area (Å²) in [5.74, 6) is 1.93. The summed E-state index contributed by atoms with van der Waals surface area (Å²) in [6.45, 7) is 10.2. The number of benzene rings is 1. The fraction of sp³-hybridized carbons (Fsp3) is 0.632. The number of ether oxygens (including phenoxy) is 2. The van der Waals surface area contributed by atoms with E-state index < -0.39 is 0 Å². The van der Waals surface area contributed by atoms with Crippen LogP contribution >= 0.6 is 0 Å². The van der Waals surface area contributed by atoms with Crippen molar-refractivity contribution >= 4 is 5.91 Å². The summed E-state index contributed by atoms with van der Waals surface area (Å²) in [7, 11) is 1.63. The van der Waals surface area contributed by atoms with E-state index in [1.165, 1.54) is 0 Å². The van der Waals surface area contributed by atoms with Crippen molar-refractivity contribution in [1.29, 1.82) is 0 Å².